The van der Waals surface area contributed by atoms with Gasteiger partial charge in [-0.25, -0.2) is 9.37 Å². The number of aromatic nitrogens is 2. The van der Waals surface area contributed by atoms with Crippen LogP contribution < -0.4 is 5.32 Å². The Morgan fingerprint density at radius 2 is 1.89 bits per heavy atom. The van der Waals surface area contributed by atoms with Crippen molar-refractivity contribution in [3.63, 3.8) is 0 Å². The molecule has 1 fully saturated rings. The lowest BCUT2D eigenvalue weighted by Crippen LogP contribution is -2.35. The Hall–Kier alpha value is -1.95. The molecular weight excluding hydrogens is 363 g/mol. The van der Waals surface area contributed by atoms with E-state index < -0.39 is 5.82 Å². The molecule has 2 N–H and O–H groups in total. The zero-order chi connectivity index (χ0) is 18.6. The van der Waals surface area contributed by atoms with Gasteiger partial charge in [-0.2, -0.15) is 0 Å². The van der Waals surface area contributed by atoms with Crippen molar-refractivity contribution in [1.29, 1.82) is 0 Å². The molecule has 1 aliphatic heterocycles. The Kier molecular flexibility index (Phi) is 5.72. The molecule has 142 valence electrons. The van der Waals surface area contributed by atoms with Gasteiger partial charge in [0.1, 0.15) is 11.6 Å². The van der Waals surface area contributed by atoms with Gasteiger partial charge in [0.05, 0.1) is 16.1 Å². The molecule has 0 unspecified atom stereocenters. The Morgan fingerprint density at radius 1 is 1.11 bits per heavy atom. The molecule has 1 saturated heterocycles. The third-order valence-corrected chi connectivity index (χ3v) is 5.42. The lowest BCUT2D eigenvalue weighted by molar-refractivity contribution is 0.229. The average molecular weight is 387 g/mol. The summed E-state index contributed by atoms with van der Waals surface area (Å²) in [6.45, 7) is 5.47. The summed E-state index contributed by atoms with van der Waals surface area (Å²) in [5, 5.41) is 3.61. The van der Waals surface area contributed by atoms with Crippen molar-refractivity contribution in [3.05, 3.63) is 52.8 Å². The second-order valence-electron chi connectivity index (χ2n) is 7.14. The van der Waals surface area contributed by atoms with Crippen LogP contribution >= 0.6 is 11.6 Å². The van der Waals surface area contributed by atoms with Gasteiger partial charge in [0.15, 0.2) is 0 Å². The van der Waals surface area contributed by atoms with E-state index in [9.17, 15) is 4.39 Å². The van der Waals surface area contributed by atoms with Gasteiger partial charge in [-0.15, -0.1) is 0 Å². The van der Waals surface area contributed by atoms with Crippen LogP contribution in [0.4, 0.5) is 4.39 Å². The van der Waals surface area contributed by atoms with Gasteiger partial charge in [0.25, 0.3) is 0 Å². The van der Waals surface area contributed by atoms with Gasteiger partial charge in [0, 0.05) is 31.3 Å². The molecule has 0 aliphatic carbocycles. The van der Waals surface area contributed by atoms with E-state index >= 15 is 0 Å². The van der Waals surface area contributed by atoms with Crippen LogP contribution in [0.15, 0.2) is 36.4 Å². The van der Waals surface area contributed by atoms with Gasteiger partial charge in [-0.05, 0) is 37.6 Å². The predicted molar refractivity (Wildman–Crippen MR) is 108 cm³/mol. The quantitative estimate of drug-likeness (QED) is 0.608. The fourth-order valence-electron chi connectivity index (χ4n) is 3.58. The Labute approximate surface area is 163 Å². The van der Waals surface area contributed by atoms with E-state index in [0.717, 1.165) is 31.0 Å². The lowest BCUT2D eigenvalue weighted by Gasteiger charge is -2.26. The number of likely N-dealkylation sites (tertiary alicyclic amines) is 1. The molecule has 27 heavy (non-hydrogen) atoms. The Morgan fingerprint density at radius 3 is 2.67 bits per heavy atom. The summed E-state index contributed by atoms with van der Waals surface area (Å²) in [5.74, 6) is 0.279. The van der Waals surface area contributed by atoms with E-state index in [2.05, 4.69) is 32.3 Å². The van der Waals surface area contributed by atoms with Crippen LogP contribution in [-0.4, -0.2) is 41.0 Å². The van der Waals surface area contributed by atoms with Crippen LogP contribution in [0.2, 0.25) is 5.02 Å². The van der Waals surface area contributed by atoms with E-state index in [1.54, 1.807) is 6.07 Å². The number of hydrogen-bond acceptors (Lipinski definition) is 3. The van der Waals surface area contributed by atoms with Gasteiger partial charge >= 0.3 is 0 Å². The summed E-state index contributed by atoms with van der Waals surface area (Å²) in [7, 11) is 0. The van der Waals surface area contributed by atoms with Crippen LogP contribution in [-0.2, 0) is 6.54 Å². The molecule has 0 bridgehead atoms. The predicted octanol–water partition coefficient (Wildman–Crippen LogP) is 4.60. The number of imidazole rings is 1. The first-order valence-electron chi connectivity index (χ1n) is 9.56. The minimum absolute atomic E-state index is 0.0894. The smallest absolute Gasteiger partial charge is 0.144 e. The summed E-state index contributed by atoms with van der Waals surface area (Å²) < 4.78 is 13.6. The Bertz CT molecular complexity index is 861. The number of fused-ring (bicyclic) bond motifs is 1. The highest BCUT2D eigenvalue weighted by Gasteiger charge is 2.10. The van der Waals surface area contributed by atoms with Crippen LogP contribution in [0, 0.1) is 5.82 Å². The average Bonchev–Trinajstić information content (AvgIpc) is 3.09. The van der Waals surface area contributed by atoms with E-state index in [0.29, 0.717) is 11.0 Å². The molecule has 4 nitrogen and oxygen atoms in total. The summed E-state index contributed by atoms with van der Waals surface area (Å²) in [6, 6.07) is 11.2. The zero-order valence-electron chi connectivity index (χ0n) is 15.3. The van der Waals surface area contributed by atoms with Crippen LogP contribution in [0.3, 0.4) is 0 Å². The van der Waals surface area contributed by atoms with Gasteiger partial charge in [0.2, 0.25) is 0 Å². The van der Waals surface area contributed by atoms with E-state index in [1.807, 2.05) is 12.1 Å². The van der Waals surface area contributed by atoms with Crippen molar-refractivity contribution in [1.82, 2.24) is 20.2 Å². The van der Waals surface area contributed by atoms with Crippen molar-refractivity contribution in [2.45, 2.75) is 25.8 Å². The number of rotatable bonds is 6. The van der Waals surface area contributed by atoms with Gasteiger partial charge in [-0.3, -0.25) is 0 Å². The van der Waals surface area contributed by atoms with Gasteiger partial charge in [-0.1, -0.05) is 42.3 Å². The lowest BCUT2D eigenvalue weighted by atomic mass is 10.1. The first kappa shape index (κ1) is 18.4. The molecule has 0 atom stereocenters. The number of nitrogens with zero attached hydrogens (tertiary/aromatic N) is 2. The summed E-state index contributed by atoms with van der Waals surface area (Å²) in [4.78, 5) is 10.2. The molecule has 1 aliphatic rings. The fraction of sp³-hybridized carbons (Fsp3) is 0.381. The molecule has 3 aromatic rings. The van der Waals surface area contributed by atoms with Crippen LogP contribution in [0.1, 0.15) is 24.8 Å². The third kappa shape index (κ3) is 4.49. The zero-order valence-corrected chi connectivity index (χ0v) is 16.0. The van der Waals surface area contributed by atoms with Crippen molar-refractivity contribution >= 4 is 22.6 Å². The highest BCUT2D eigenvalue weighted by molar-refractivity contribution is 6.31. The molecule has 0 amide bonds. The van der Waals surface area contributed by atoms with Crippen LogP contribution in [0.25, 0.3) is 22.4 Å². The second kappa shape index (κ2) is 8.38. The topological polar surface area (TPSA) is 44.0 Å². The minimum atomic E-state index is -0.439. The number of H-pyrrole nitrogens is 1. The third-order valence-electron chi connectivity index (χ3n) is 5.13. The number of benzene rings is 2. The minimum Gasteiger partial charge on any atom is -0.338 e. The molecular formula is C21H24ClFN4. The number of nitrogens with one attached hydrogen (secondary N) is 2. The van der Waals surface area contributed by atoms with Crippen molar-refractivity contribution in [3.8, 4) is 11.4 Å². The molecule has 6 heteroatoms. The molecule has 0 spiro atoms. The second-order valence-corrected chi connectivity index (χ2v) is 7.55. The van der Waals surface area contributed by atoms with Crippen molar-refractivity contribution < 1.29 is 4.39 Å². The normalized spacial score (nSPS) is 15.5. The molecule has 2 aromatic carbocycles. The first-order valence-corrected chi connectivity index (χ1v) is 9.94. The molecule has 0 radical (unpaired) electrons. The number of aromatic amines is 1. The fourth-order valence-corrected chi connectivity index (χ4v) is 3.73. The summed E-state index contributed by atoms with van der Waals surface area (Å²) >= 11 is 5.83. The summed E-state index contributed by atoms with van der Waals surface area (Å²) in [6.07, 6.45) is 4.05. The molecule has 4 rings (SSSR count). The van der Waals surface area contributed by atoms with E-state index in [-0.39, 0.29) is 5.02 Å². The number of halogens is 2. The number of hydrogen-bond donors (Lipinski definition) is 2. The Balaban J connectivity index is 1.34. The summed E-state index contributed by atoms with van der Waals surface area (Å²) in [5.41, 5.74) is 3.53. The SMILES string of the molecule is Fc1cc2[nH]c(-c3ccc(CNCCN4CCCCC4)cc3)nc2cc1Cl. The van der Waals surface area contributed by atoms with Gasteiger partial charge < -0.3 is 15.2 Å². The standard InChI is InChI=1S/C21H24ClFN4/c22-17-12-19-20(13-18(17)23)26-21(25-19)16-6-4-15(5-7-16)14-24-8-11-27-9-2-1-3-10-27/h4-7,12-13,24H,1-3,8-11,14H2,(H,25,26). The highest BCUT2D eigenvalue weighted by Crippen LogP contribution is 2.25. The van der Waals surface area contributed by atoms with Crippen LogP contribution in [0.5, 0.6) is 0 Å². The molecule has 2 heterocycles. The van der Waals surface area contributed by atoms with E-state index in [1.165, 1.54) is 44.0 Å². The maximum Gasteiger partial charge on any atom is 0.144 e. The molecule has 0 saturated carbocycles. The highest BCUT2D eigenvalue weighted by atomic mass is 35.5. The maximum atomic E-state index is 13.6. The first-order chi connectivity index (χ1) is 13.2. The molecule has 1 aromatic heterocycles. The van der Waals surface area contributed by atoms with Crippen molar-refractivity contribution in [2.24, 2.45) is 0 Å². The largest absolute Gasteiger partial charge is 0.338 e. The van der Waals surface area contributed by atoms with Crippen molar-refractivity contribution in [2.75, 3.05) is 26.2 Å². The maximum absolute atomic E-state index is 13.6. The monoisotopic (exact) mass is 386 g/mol. The number of piperidine rings is 1. The van der Waals surface area contributed by atoms with E-state index in [4.69, 9.17) is 11.6 Å².